The van der Waals surface area contributed by atoms with Crippen LogP contribution in [-0.4, -0.2) is 42.9 Å². The van der Waals surface area contributed by atoms with E-state index in [1.54, 1.807) is 17.0 Å². The van der Waals surface area contributed by atoms with Gasteiger partial charge in [0.2, 0.25) is 5.91 Å². The summed E-state index contributed by atoms with van der Waals surface area (Å²) in [5, 5.41) is 0. The van der Waals surface area contributed by atoms with E-state index in [1.807, 2.05) is 4.90 Å². The number of halogens is 1. The summed E-state index contributed by atoms with van der Waals surface area (Å²) in [6.07, 6.45) is 3.60. The van der Waals surface area contributed by atoms with Gasteiger partial charge in [0.05, 0.1) is 11.6 Å². The van der Waals surface area contributed by atoms with Gasteiger partial charge >= 0.3 is 0 Å². The van der Waals surface area contributed by atoms with Gasteiger partial charge in [0.25, 0.3) is 5.91 Å². The summed E-state index contributed by atoms with van der Waals surface area (Å²) in [7, 11) is 0. The summed E-state index contributed by atoms with van der Waals surface area (Å²) in [6, 6.07) is 4.67. The molecule has 0 saturated carbocycles. The molecule has 2 fully saturated rings. The van der Waals surface area contributed by atoms with E-state index in [0.29, 0.717) is 30.8 Å². The van der Waals surface area contributed by atoms with Crippen molar-refractivity contribution in [2.24, 2.45) is 11.7 Å². The number of amides is 2. The summed E-state index contributed by atoms with van der Waals surface area (Å²) in [5.41, 5.74) is 6.23. The Bertz CT molecular complexity index is 614. The van der Waals surface area contributed by atoms with Crippen molar-refractivity contribution in [2.45, 2.75) is 25.7 Å². The third kappa shape index (κ3) is 3.30. The highest BCUT2D eigenvalue weighted by Gasteiger charge is 2.28. The van der Waals surface area contributed by atoms with Crippen LogP contribution in [0.4, 0.5) is 10.1 Å². The van der Waals surface area contributed by atoms with Gasteiger partial charge in [-0.1, -0.05) is 0 Å². The predicted octanol–water partition coefficient (Wildman–Crippen LogP) is 1.76. The molecule has 2 aliphatic rings. The Hall–Kier alpha value is -2.11. The Morgan fingerprint density at radius 2 is 1.87 bits per heavy atom. The van der Waals surface area contributed by atoms with E-state index in [9.17, 15) is 14.0 Å². The van der Waals surface area contributed by atoms with E-state index in [2.05, 4.69) is 0 Å². The molecular formula is C17H22FN3O2. The quantitative estimate of drug-likeness (QED) is 0.923. The molecule has 5 nitrogen and oxygen atoms in total. The van der Waals surface area contributed by atoms with E-state index in [4.69, 9.17) is 5.73 Å². The van der Waals surface area contributed by atoms with Crippen molar-refractivity contribution in [2.75, 3.05) is 31.1 Å². The molecule has 2 aliphatic heterocycles. The number of hydrogen-bond donors (Lipinski definition) is 1. The highest BCUT2D eigenvalue weighted by molar-refractivity contribution is 5.95. The summed E-state index contributed by atoms with van der Waals surface area (Å²) < 4.78 is 14.3. The number of piperidine rings is 1. The average molecular weight is 319 g/mol. The van der Waals surface area contributed by atoms with Crippen LogP contribution < -0.4 is 10.6 Å². The highest BCUT2D eigenvalue weighted by atomic mass is 19.1. The van der Waals surface area contributed by atoms with E-state index >= 15 is 0 Å². The van der Waals surface area contributed by atoms with Crippen molar-refractivity contribution in [1.82, 2.24) is 4.90 Å². The fraction of sp³-hybridized carbons (Fsp3) is 0.529. The first kappa shape index (κ1) is 15.8. The largest absolute Gasteiger partial charge is 0.369 e. The van der Waals surface area contributed by atoms with Crippen LogP contribution in [0.5, 0.6) is 0 Å². The Balaban J connectivity index is 1.74. The minimum absolute atomic E-state index is 0.233. The van der Waals surface area contributed by atoms with Gasteiger partial charge < -0.3 is 15.5 Å². The number of hydrogen-bond acceptors (Lipinski definition) is 3. The molecule has 124 valence electrons. The molecule has 0 radical (unpaired) electrons. The average Bonchev–Trinajstić information content (AvgIpc) is 3.08. The van der Waals surface area contributed by atoms with Gasteiger partial charge in [-0.05, 0) is 43.9 Å². The van der Waals surface area contributed by atoms with Crippen LogP contribution in [-0.2, 0) is 4.79 Å². The van der Waals surface area contributed by atoms with Crippen LogP contribution >= 0.6 is 0 Å². The van der Waals surface area contributed by atoms with Gasteiger partial charge in [-0.3, -0.25) is 9.59 Å². The zero-order valence-corrected chi connectivity index (χ0v) is 13.1. The first-order valence-electron chi connectivity index (χ1n) is 8.19. The predicted molar refractivity (Wildman–Crippen MR) is 85.7 cm³/mol. The second kappa shape index (κ2) is 6.56. The van der Waals surface area contributed by atoms with Gasteiger partial charge in [0.15, 0.2) is 0 Å². The molecule has 0 aliphatic carbocycles. The third-order valence-electron chi connectivity index (χ3n) is 4.75. The lowest BCUT2D eigenvalue weighted by atomic mass is 9.97. The number of rotatable bonds is 3. The molecule has 2 heterocycles. The Morgan fingerprint density at radius 1 is 1.13 bits per heavy atom. The Labute approximate surface area is 135 Å². The molecule has 23 heavy (non-hydrogen) atoms. The number of benzene rings is 1. The van der Waals surface area contributed by atoms with E-state index < -0.39 is 0 Å². The number of likely N-dealkylation sites (tertiary alicyclic amines) is 1. The molecule has 1 aromatic carbocycles. The van der Waals surface area contributed by atoms with Crippen LogP contribution in [0.1, 0.15) is 36.0 Å². The summed E-state index contributed by atoms with van der Waals surface area (Å²) >= 11 is 0. The minimum Gasteiger partial charge on any atom is -0.369 e. The van der Waals surface area contributed by atoms with Gasteiger partial charge in [-0.15, -0.1) is 0 Å². The molecule has 1 atom stereocenters. The number of nitrogens with two attached hydrogens (primary N) is 1. The van der Waals surface area contributed by atoms with Gasteiger partial charge in [0, 0.05) is 31.7 Å². The number of primary amides is 1. The summed E-state index contributed by atoms with van der Waals surface area (Å²) in [6.45, 7) is 2.62. The smallest absolute Gasteiger partial charge is 0.253 e. The van der Waals surface area contributed by atoms with Crippen LogP contribution in [0.3, 0.4) is 0 Å². The van der Waals surface area contributed by atoms with E-state index in [-0.39, 0.29) is 23.5 Å². The van der Waals surface area contributed by atoms with Crippen LogP contribution in [0.15, 0.2) is 18.2 Å². The zero-order chi connectivity index (χ0) is 16.4. The molecule has 2 saturated heterocycles. The number of nitrogens with zero attached hydrogens (tertiary/aromatic N) is 2. The van der Waals surface area contributed by atoms with Gasteiger partial charge in [-0.25, -0.2) is 4.39 Å². The Morgan fingerprint density at radius 3 is 2.52 bits per heavy atom. The lowest BCUT2D eigenvalue weighted by Crippen LogP contribution is -2.44. The standard InChI is InChI=1S/C17H22FN3O2/c18-14-10-12(5-6-15(14)20-7-1-2-8-20)17(23)21-9-3-4-13(11-21)16(19)22/h5-6,10,13H,1-4,7-9,11H2,(H2,19,22). The van der Waals surface area contributed by atoms with Crippen molar-refractivity contribution in [3.05, 3.63) is 29.6 Å². The fourth-order valence-corrected chi connectivity index (χ4v) is 3.43. The second-order valence-corrected chi connectivity index (χ2v) is 6.35. The maximum Gasteiger partial charge on any atom is 0.253 e. The zero-order valence-electron chi connectivity index (χ0n) is 13.1. The van der Waals surface area contributed by atoms with Crippen LogP contribution in [0.2, 0.25) is 0 Å². The molecule has 6 heteroatoms. The van der Waals surface area contributed by atoms with Crippen LogP contribution in [0.25, 0.3) is 0 Å². The van der Waals surface area contributed by atoms with Crippen molar-refractivity contribution in [3.8, 4) is 0 Å². The van der Waals surface area contributed by atoms with Crippen molar-refractivity contribution in [1.29, 1.82) is 0 Å². The molecule has 3 rings (SSSR count). The van der Waals surface area contributed by atoms with E-state index in [1.165, 1.54) is 6.07 Å². The minimum atomic E-state index is -0.377. The number of carbonyl (C=O) groups excluding carboxylic acids is 2. The van der Waals surface area contributed by atoms with Crippen molar-refractivity contribution >= 4 is 17.5 Å². The number of carbonyl (C=O) groups is 2. The maximum atomic E-state index is 14.3. The maximum absolute atomic E-state index is 14.3. The molecule has 0 aromatic heterocycles. The second-order valence-electron chi connectivity index (χ2n) is 6.35. The highest BCUT2D eigenvalue weighted by Crippen LogP contribution is 2.25. The normalized spacial score (nSPS) is 21.5. The third-order valence-corrected chi connectivity index (χ3v) is 4.75. The Kier molecular flexibility index (Phi) is 4.50. The molecule has 0 spiro atoms. The van der Waals surface area contributed by atoms with Crippen LogP contribution in [0, 0.1) is 11.7 Å². The topological polar surface area (TPSA) is 66.6 Å². The number of anilines is 1. The van der Waals surface area contributed by atoms with Gasteiger partial charge in [-0.2, -0.15) is 0 Å². The molecule has 1 unspecified atom stereocenters. The summed E-state index contributed by atoms with van der Waals surface area (Å²) in [4.78, 5) is 27.5. The first-order valence-corrected chi connectivity index (χ1v) is 8.19. The lowest BCUT2D eigenvalue weighted by molar-refractivity contribution is -0.123. The van der Waals surface area contributed by atoms with Crippen molar-refractivity contribution < 1.29 is 14.0 Å². The molecule has 2 N–H and O–H groups in total. The molecule has 2 amide bonds. The molecular weight excluding hydrogens is 297 g/mol. The summed E-state index contributed by atoms with van der Waals surface area (Å²) in [5.74, 6) is -1.27. The first-order chi connectivity index (χ1) is 11.1. The van der Waals surface area contributed by atoms with E-state index in [0.717, 1.165) is 32.4 Å². The molecule has 0 bridgehead atoms. The molecule has 1 aromatic rings. The monoisotopic (exact) mass is 319 g/mol. The van der Waals surface area contributed by atoms with Crippen molar-refractivity contribution in [3.63, 3.8) is 0 Å². The fourth-order valence-electron chi connectivity index (χ4n) is 3.43. The van der Waals surface area contributed by atoms with Gasteiger partial charge in [0.1, 0.15) is 5.82 Å². The lowest BCUT2D eigenvalue weighted by Gasteiger charge is -2.31. The SMILES string of the molecule is NC(=O)C1CCCN(C(=O)c2ccc(N3CCCC3)c(F)c2)C1.